The first kappa shape index (κ1) is 13.0. The van der Waals surface area contributed by atoms with Crippen molar-refractivity contribution in [2.45, 2.75) is 19.1 Å². The number of non-ortho nitro benzene ring substituents is 1. The van der Waals surface area contributed by atoms with Crippen LogP contribution in [0.15, 0.2) is 30.5 Å². The van der Waals surface area contributed by atoms with E-state index < -0.39 is 16.5 Å². The first-order valence-electron chi connectivity index (χ1n) is 5.50. The summed E-state index contributed by atoms with van der Waals surface area (Å²) in [6, 6.07) is 5.92. The predicted molar refractivity (Wildman–Crippen MR) is 66.9 cm³/mol. The van der Waals surface area contributed by atoms with Crippen LogP contribution in [0.25, 0.3) is 10.9 Å². The number of carboxylic acids is 1. The lowest BCUT2D eigenvalue weighted by Gasteiger charge is -2.19. The molecule has 0 radical (unpaired) electrons. The van der Waals surface area contributed by atoms with E-state index in [2.05, 4.69) is 0 Å². The Morgan fingerprint density at radius 3 is 2.74 bits per heavy atom. The maximum atomic E-state index is 10.9. The summed E-state index contributed by atoms with van der Waals surface area (Å²) >= 11 is 0. The Balaban J connectivity index is 2.42. The molecule has 0 bridgehead atoms. The largest absolute Gasteiger partial charge is 0.479 e. The van der Waals surface area contributed by atoms with Crippen LogP contribution in [0.4, 0.5) is 5.69 Å². The van der Waals surface area contributed by atoms with Gasteiger partial charge >= 0.3 is 5.97 Å². The quantitative estimate of drug-likeness (QED) is 0.641. The third-order valence-corrected chi connectivity index (χ3v) is 2.90. The predicted octanol–water partition coefficient (Wildman–Crippen LogP) is 1.39. The number of carbonyl (C=O) groups is 1. The molecule has 1 aromatic heterocycles. The second-order valence-electron chi connectivity index (χ2n) is 4.52. The van der Waals surface area contributed by atoms with Crippen LogP contribution >= 0.6 is 0 Å². The van der Waals surface area contributed by atoms with Crippen molar-refractivity contribution in [3.63, 3.8) is 0 Å². The number of aromatic nitrogens is 1. The first-order chi connectivity index (χ1) is 8.81. The monoisotopic (exact) mass is 264 g/mol. The van der Waals surface area contributed by atoms with E-state index in [1.807, 2.05) is 0 Å². The molecule has 19 heavy (non-hydrogen) atoms. The molecule has 0 spiro atoms. The topological polar surface area (TPSA) is 106 Å². The molecular weight excluding hydrogens is 252 g/mol. The number of hydrogen-bond acceptors (Lipinski definition) is 4. The highest BCUT2D eigenvalue weighted by Crippen LogP contribution is 2.23. The van der Waals surface area contributed by atoms with Crippen LogP contribution in [0.5, 0.6) is 0 Å². The van der Waals surface area contributed by atoms with Crippen LogP contribution < -0.4 is 0 Å². The molecule has 7 nitrogen and oxygen atoms in total. The zero-order valence-corrected chi connectivity index (χ0v) is 10.1. The zero-order chi connectivity index (χ0) is 14.2. The van der Waals surface area contributed by atoms with E-state index in [1.54, 1.807) is 16.8 Å². The van der Waals surface area contributed by atoms with Crippen LogP contribution in [0.1, 0.15) is 6.92 Å². The maximum absolute atomic E-state index is 10.9. The van der Waals surface area contributed by atoms with Gasteiger partial charge in [-0.15, -0.1) is 0 Å². The summed E-state index contributed by atoms with van der Waals surface area (Å²) in [4.78, 5) is 21.0. The van der Waals surface area contributed by atoms with Gasteiger partial charge in [-0.25, -0.2) is 4.79 Å². The minimum absolute atomic E-state index is 0.0322. The van der Waals surface area contributed by atoms with Crippen LogP contribution in [0.3, 0.4) is 0 Å². The van der Waals surface area contributed by atoms with Crippen molar-refractivity contribution in [2.24, 2.45) is 0 Å². The number of fused-ring (bicyclic) bond motifs is 1. The maximum Gasteiger partial charge on any atom is 0.337 e. The number of benzene rings is 1. The van der Waals surface area contributed by atoms with Crippen LogP contribution in [-0.2, 0) is 11.3 Å². The van der Waals surface area contributed by atoms with Crippen molar-refractivity contribution in [2.75, 3.05) is 0 Å². The molecule has 1 heterocycles. The van der Waals surface area contributed by atoms with Gasteiger partial charge < -0.3 is 14.8 Å². The standard InChI is InChI=1S/C12H12N2O5/c1-12(17,11(15)16)7-13-5-4-8-6-9(14(18)19)2-3-10(8)13/h2-6,17H,7H2,1H3,(H,15,16). The summed E-state index contributed by atoms with van der Waals surface area (Å²) in [5.41, 5.74) is -1.30. The van der Waals surface area contributed by atoms with E-state index in [9.17, 15) is 20.0 Å². The molecule has 0 saturated heterocycles. The fraction of sp³-hybridized carbons (Fsp3) is 0.250. The Hall–Kier alpha value is -2.41. The van der Waals surface area contributed by atoms with Gasteiger partial charge in [0, 0.05) is 29.2 Å². The zero-order valence-electron chi connectivity index (χ0n) is 10.1. The normalized spacial score (nSPS) is 14.2. The summed E-state index contributed by atoms with van der Waals surface area (Å²) in [6.45, 7) is 1.07. The second kappa shape index (κ2) is 4.36. The molecule has 0 aliphatic carbocycles. The van der Waals surface area contributed by atoms with Gasteiger partial charge in [-0.2, -0.15) is 0 Å². The lowest BCUT2D eigenvalue weighted by molar-refractivity contribution is -0.384. The number of carboxylic acid groups (broad SMARTS) is 1. The Labute approximate surface area is 107 Å². The summed E-state index contributed by atoms with van der Waals surface area (Å²) < 4.78 is 1.55. The third kappa shape index (κ3) is 2.41. The minimum Gasteiger partial charge on any atom is -0.479 e. The van der Waals surface area contributed by atoms with E-state index in [-0.39, 0.29) is 12.2 Å². The summed E-state index contributed by atoms with van der Waals surface area (Å²) in [5.74, 6) is -1.32. The highest BCUT2D eigenvalue weighted by atomic mass is 16.6. The highest BCUT2D eigenvalue weighted by Gasteiger charge is 2.30. The molecular formula is C12H12N2O5. The molecule has 0 amide bonds. The smallest absolute Gasteiger partial charge is 0.337 e. The van der Waals surface area contributed by atoms with Crippen molar-refractivity contribution in [1.82, 2.24) is 4.57 Å². The van der Waals surface area contributed by atoms with E-state index in [0.29, 0.717) is 10.9 Å². The molecule has 100 valence electrons. The Morgan fingerprint density at radius 2 is 2.16 bits per heavy atom. The lowest BCUT2D eigenvalue weighted by atomic mass is 10.1. The third-order valence-electron chi connectivity index (χ3n) is 2.90. The van der Waals surface area contributed by atoms with Crippen molar-refractivity contribution in [3.05, 3.63) is 40.6 Å². The van der Waals surface area contributed by atoms with E-state index in [1.165, 1.54) is 25.1 Å². The van der Waals surface area contributed by atoms with E-state index >= 15 is 0 Å². The van der Waals surface area contributed by atoms with E-state index in [0.717, 1.165) is 0 Å². The van der Waals surface area contributed by atoms with Gasteiger partial charge in [0.1, 0.15) is 0 Å². The average Bonchev–Trinajstić information content (AvgIpc) is 2.71. The SMILES string of the molecule is CC(O)(Cn1ccc2cc([N+](=O)[O-])ccc21)C(=O)O. The van der Waals surface area contributed by atoms with Crippen molar-refractivity contribution < 1.29 is 19.9 Å². The Morgan fingerprint density at radius 1 is 1.47 bits per heavy atom. The molecule has 2 rings (SSSR count). The lowest BCUT2D eigenvalue weighted by Crippen LogP contribution is -2.39. The van der Waals surface area contributed by atoms with Crippen LogP contribution in [0.2, 0.25) is 0 Å². The molecule has 0 fully saturated rings. The molecule has 1 aromatic carbocycles. The molecule has 0 saturated carbocycles. The van der Waals surface area contributed by atoms with Crippen molar-refractivity contribution in [1.29, 1.82) is 0 Å². The summed E-state index contributed by atoms with van der Waals surface area (Å²) in [7, 11) is 0. The van der Waals surface area contributed by atoms with Crippen molar-refractivity contribution in [3.8, 4) is 0 Å². The molecule has 7 heteroatoms. The van der Waals surface area contributed by atoms with Gasteiger partial charge in [0.15, 0.2) is 5.60 Å². The fourth-order valence-electron chi connectivity index (χ4n) is 1.84. The average molecular weight is 264 g/mol. The number of aliphatic hydroxyl groups is 1. The highest BCUT2D eigenvalue weighted by molar-refractivity contribution is 5.83. The first-order valence-corrected chi connectivity index (χ1v) is 5.50. The molecule has 2 N–H and O–H groups in total. The van der Waals surface area contributed by atoms with E-state index in [4.69, 9.17) is 5.11 Å². The van der Waals surface area contributed by atoms with Gasteiger partial charge in [-0.3, -0.25) is 10.1 Å². The number of nitrogens with zero attached hydrogens (tertiary/aromatic N) is 2. The summed E-state index contributed by atoms with van der Waals surface area (Å²) in [6.07, 6.45) is 1.59. The Kier molecular flexibility index (Phi) is 2.99. The number of aliphatic carboxylic acids is 1. The minimum atomic E-state index is -1.90. The second-order valence-corrected chi connectivity index (χ2v) is 4.52. The summed E-state index contributed by atoms with van der Waals surface area (Å²) in [5, 5.41) is 29.9. The molecule has 0 aliphatic heterocycles. The van der Waals surface area contributed by atoms with Crippen LogP contribution in [-0.4, -0.2) is 31.3 Å². The number of hydrogen-bond donors (Lipinski definition) is 2. The van der Waals surface area contributed by atoms with Gasteiger partial charge in [0.2, 0.25) is 0 Å². The van der Waals surface area contributed by atoms with Crippen molar-refractivity contribution >= 4 is 22.6 Å². The fourth-order valence-corrected chi connectivity index (χ4v) is 1.84. The Bertz CT molecular complexity index is 659. The number of rotatable bonds is 4. The number of nitro benzene ring substituents is 1. The van der Waals surface area contributed by atoms with Gasteiger partial charge in [0.05, 0.1) is 11.5 Å². The molecule has 2 aromatic rings. The van der Waals surface area contributed by atoms with Gasteiger partial charge in [-0.1, -0.05) is 0 Å². The molecule has 0 aliphatic rings. The van der Waals surface area contributed by atoms with Crippen LogP contribution in [0, 0.1) is 10.1 Å². The van der Waals surface area contributed by atoms with Gasteiger partial charge in [0.25, 0.3) is 5.69 Å². The number of nitro groups is 1. The molecule has 1 unspecified atom stereocenters. The molecule has 1 atom stereocenters. The van der Waals surface area contributed by atoms with Gasteiger partial charge in [-0.05, 0) is 19.1 Å².